The SMILES string of the molecule is O=C(NCc1ccccc1O)Nc1ccccn1. The highest BCUT2D eigenvalue weighted by atomic mass is 16.3. The normalized spacial score (nSPS) is 9.78. The maximum absolute atomic E-state index is 11.6. The zero-order valence-corrected chi connectivity index (χ0v) is 9.63. The van der Waals surface area contributed by atoms with E-state index in [1.54, 1.807) is 48.7 Å². The Labute approximate surface area is 104 Å². The summed E-state index contributed by atoms with van der Waals surface area (Å²) in [4.78, 5) is 15.5. The Morgan fingerprint density at radius 3 is 2.67 bits per heavy atom. The molecule has 0 fully saturated rings. The van der Waals surface area contributed by atoms with Gasteiger partial charge in [0.25, 0.3) is 0 Å². The lowest BCUT2D eigenvalue weighted by molar-refractivity contribution is 0.251. The lowest BCUT2D eigenvalue weighted by atomic mass is 10.2. The highest BCUT2D eigenvalue weighted by molar-refractivity contribution is 5.88. The van der Waals surface area contributed by atoms with Crippen molar-refractivity contribution < 1.29 is 9.90 Å². The van der Waals surface area contributed by atoms with Gasteiger partial charge in [0.2, 0.25) is 0 Å². The van der Waals surface area contributed by atoms with Crippen LogP contribution in [-0.4, -0.2) is 16.1 Å². The van der Waals surface area contributed by atoms with E-state index < -0.39 is 0 Å². The molecular weight excluding hydrogens is 230 g/mol. The number of amides is 2. The van der Waals surface area contributed by atoms with Crippen LogP contribution in [0.15, 0.2) is 48.7 Å². The molecule has 5 heteroatoms. The zero-order valence-electron chi connectivity index (χ0n) is 9.63. The molecule has 3 N–H and O–H groups in total. The number of nitrogens with zero attached hydrogens (tertiary/aromatic N) is 1. The van der Waals surface area contributed by atoms with Crippen molar-refractivity contribution in [3.05, 3.63) is 54.2 Å². The molecule has 0 aliphatic rings. The van der Waals surface area contributed by atoms with Crippen molar-refractivity contribution in [3.8, 4) is 5.75 Å². The molecule has 0 bridgehead atoms. The fourth-order valence-corrected chi connectivity index (χ4v) is 1.43. The average Bonchev–Trinajstić information content (AvgIpc) is 2.39. The molecule has 0 spiro atoms. The van der Waals surface area contributed by atoms with Crippen LogP contribution < -0.4 is 10.6 Å². The smallest absolute Gasteiger partial charge is 0.320 e. The van der Waals surface area contributed by atoms with Crippen LogP contribution in [0.3, 0.4) is 0 Å². The van der Waals surface area contributed by atoms with Crippen LogP contribution >= 0.6 is 0 Å². The lowest BCUT2D eigenvalue weighted by Crippen LogP contribution is -2.28. The van der Waals surface area contributed by atoms with E-state index in [-0.39, 0.29) is 18.3 Å². The van der Waals surface area contributed by atoms with E-state index in [1.807, 2.05) is 0 Å². The van der Waals surface area contributed by atoms with Gasteiger partial charge in [-0.15, -0.1) is 0 Å². The van der Waals surface area contributed by atoms with Gasteiger partial charge >= 0.3 is 6.03 Å². The van der Waals surface area contributed by atoms with Gasteiger partial charge in [-0.2, -0.15) is 0 Å². The Bertz CT molecular complexity index is 529. The van der Waals surface area contributed by atoms with E-state index in [1.165, 1.54) is 0 Å². The number of urea groups is 1. The van der Waals surface area contributed by atoms with E-state index in [0.29, 0.717) is 11.4 Å². The molecule has 0 saturated carbocycles. The van der Waals surface area contributed by atoms with Crippen molar-refractivity contribution >= 4 is 11.8 Å². The van der Waals surface area contributed by atoms with Gasteiger partial charge in [-0.05, 0) is 18.2 Å². The van der Waals surface area contributed by atoms with Gasteiger partial charge in [-0.1, -0.05) is 24.3 Å². The first-order chi connectivity index (χ1) is 8.75. The minimum atomic E-state index is -0.364. The summed E-state index contributed by atoms with van der Waals surface area (Å²) in [6.45, 7) is 0.255. The van der Waals surface area contributed by atoms with Crippen LogP contribution in [0.5, 0.6) is 5.75 Å². The molecule has 5 nitrogen and oxygen atoms in total. The van der Waals surface area contributed by atoms with Gasteiger partial charge in [0, 0.05) is 18.3 Å². The van der Waals surface area contributed by atoms with Gasteiger partial charge in [0.15, 0.2) is 0 Å². The number of carbonyl (C=O) groups is 1. The zero-order chi connectivity index (χ0) is 12.8. The molecule has 0 aliphatic carbocycles. The first kappa shape index (κ1) is 11.9. The third-order valence-corrected chi connectivity index (χ3v) is 2.34. The molecule has 92 valence electrons. The maximum atomic E-state index is 11.6. The minimum Gasteiger partial charge on any atom is -0.508 e. The number of anilines is 1. The standard InChI is InChI=1S/C13H13N3O2/c17-11-6-2-1-5-10(11)9-15-13(18)16-12-7-3-4-8-14-12/h1-8,17H,9H2,(H2,14,15,16,18). The van der Waals surface area contributed by atoms with Gasteiger partial charge in [0.05, 0.1) is 0 Å². The van der Waals surface area contributed by atoms with Crippen molar-refractivity contribution in [3.63, 3.8) is 0 Å². The Morgan fingerprint density at radius 1 is 1.17 bits per heavy atom. The first-order valence-electron chi connectivity index (χ1n) is 5.48. The number of hydrogen-bond acceptors (Lipinski definition) is 3. The Kier molecular flexibility index (Phi) is 3.76. The number of benzene rings is 1. The van der Waals surface area contributed by atoms with Gasteiger partial charge in [-0.25, -0.2) is 9.78 Å². The predicted octanol–water partition coefficient (Wildman–Crippen LogP) is 2.11. The number of carbonyl (C=O) groups excluding carboxylic acids is 1. The summed E-state index contributed by atoms with van der Waals surface area (Å²) in [6, 6.07) is 11.7. The second-order valence-corrected chi connectivity index (χ2v) is 3.65. The van der Waals surface area contributed by atoms with E-state index in [9.17, 15) is 9.90 Å². The van der Waals surface area contributed by atoms with Crippen LogP contribution in [0.2, 0.25) is 0 Å². The summed E-state index contributed by atoms with van der Waals surface area (Å²) in [5.74, 6) is 0.642. The second-order valence-electron chi connectivity index (χ2n) is 3.65. The summed E-state index contributed by atoms with van der Waals surface area (Å²) >= 11 is 0. The first-order valence-corrected chi connectivity index (χ1v) is 5.48. The molecule has 2 aromatic rings. The molecule has 0 aliphatic heterocycles. The summed E-state index contributed by atoms with van der Waals surface area (Å²) in [5, 5.41) is 14.8. The third kappa shape index (κ3) is 3.21. The highest BCUT2D eigenvalue weighted by Crippen LogP contribution is 2.14. The van der Waals surface area contributed by atoms with Crippen LogP contribution in [0.25, 0.3) is 0 Å². The fourth-order valence-electron chi connectivity index (χ4n) is 1.43. The number of aromatic hydroxyl groups is 1. The van der Waals surface area contributed by atoms with Crippen molar-refractivity contribution in [1.29, 1.82) is 0 Å². The molecule has 18 heavy (non-hydrogen) atoms. The largest absolute Gasteiger partial charge is 0.508 e. The van der Waals surface area contributed by atoms with Crippen LogP contribution in [0, 0.1) is 0 Å². The third-order valence-electron chi connectivity index (χ3n) is 2.34. The molecular formula is C13H13N3O2. The molecule has 0 radical (unpaired) electrons. The number of pyridine rings is 1. The van der Waals surface area contributed by atoms with Crippen LogP contribution in [0.1, 0.15) is 5.56 Å². The van der Waals surface area contributed by atoms with Crippen molar-refractivity contribution in [2.45, 2.75) is 6.54 Å². The van der Waals surface area contributed by atoms with E-state index in [0.717, 1.165) is 0 Å². The Balaban J connectivity index is 1.88. The predicted molar refractivity (Wildman–Crippen MR) is 68.2 cm³/mol. The fraction of sp³-hybridized carbons (Fsp3) is 0.0769. The number of phenols is 1. The van der Waals surface area contributed by atoms with Crippen molar-refractivity contribution in [2.24, 2.45) is 0 Å². The monoisotopic (exact) mass is 243 g/mol. The molecule has 0 unspecified atom stereocenters. The molecule has 0 saturated heterocycles. The van der Waals surface area contributed by atoms with Crippen molar-refractivity contribution in [2.75, 3.05) is 5.32 Å². The van der Waals surface area contributed by atoms with Gasteiger partial charge in [-0.3, -0.25) is 5.32 Å². The number of aromatic nitrogens is 1. The lowest BCUT2D eigenvalue weighted by Gasteiger charge is -2.07. The van der Waals surface area contributed by atoms with E-state index >= 15 is 0 Å². The average molecular weight is 243 g/mol. The second kappa shape index (κ2) is 5.67. The van der Waals surface area contributed by atoms with Crippen molar-refractivity contribution in [1.82, 2.24) is 10.3 Å². The number of para-hydroxylation sites is 1. The quantitative estimate of drug-likeness (QED) is 0.772. The molecule has 1 heterocycles. The summed E-state index contributed by atoms with van der Waals surface area (Å²) in [5.41, 5.74) is 0.661. The van der Waals surface area contributed by atoms with Crippen LogP contribution in [0.4, 0.5) is 10.6 Å². The molecule has 0 atom stereocenters. The molecule has 1 aromatic carbocycles. The highest BCUT2D eigenvalue weighted by Gasteiger charge is 2.04. The number of phenolic OH excluding ortho intramolecular Hbond substituents is 1. The molecule has 1 aromatic heterocycles. The van der Waals surface area contributed by atoms with Crippen LogP contribution in [-0.2, 0) is 6.54 Å². The molecule has 2 amide bonds. The van der Waals surface area contributed by atoms with Gasteiger partial charge in [0.1, 0.15) is 11.6 Å². The summed E-state index contributed by atoms with van der Waals surface area (Å²) in [6.07, 6.45) is 1.60. The summed E-state index contributed by atoms with van der Waals surface area (Å²) < 4.78 is 0. The minimum absolute atomic E-state index is 0.163. The molecule has 2 rings (SSSR count). The van der Waals surface area contributed by atoms with E-state index in [4.69, 9.17) is 0 Å². The topological polar surface area (TPSA) is 74.2 Å². The summed E-state index contributed by atoms with van der Waals surface area (Å²) in [7, 11) is 0. The van der Waals surface area contributed by atoms with Gasteiger partial charge < -0.3 is 10.4 Å². The Morgan fingerprint density at radius 2 is 1.94 bits per heavy atom. The number of nitrogens with one attached hydrogen (secondary N) is 2. The Hall–Kier alpha value is -2.56. The number of hydrogen-bond donors (Lipinski definition) is 3. The van der Waals surface area contributed by atoms with E-state index in [2.05, 4.69) is 15.6 Å². The number of rotatable bonds is 3. The maximum Gasteiger partial charge on any atom is 0.320 e.